The molecule has 0 aliphatic heterocycles. The Bertz CT molecular complexity index is 606. The summed E-state index contributed by atoms with van der Waals surface area (Å²) in [5.74, 6) is -8.67. The maximum atomic E-state index is 10.3. The molecule has 0 amide bonds. The lowest BCUT2D eigenvalue weighted by atomic mass is 9.96. The van der Waals surface area contributed by atoms with Gasteiger partial charge in [-0.1, -0.05) is 0 Å². The number of halogens is 2. The maximum Gasteiger partial charge on any atom is 0.414 e. The monoisotopic (exact) mass is 549 g/mol. The van der Waals surface area contributed by atoms with Crippen molar-refractivity contribution in [3.63, 3.8) is 0 Å². The number of carboxylic acids is 5. The minimum Gasteiger partial charge on any atom is -0.481 e. The van der Waals surface area contributed by atoms with Gasteiger partial charge in [0.25, 0.3) is 0 Å². The zero-order valence-electron chi connectivity index (χ0n) is 17.4. The highest BCUT2D eigenvalue weighted by Gasteiger charge is 2.40. The van der Waals surface area contributed by atoms with Gasteiger partial charge in [-0.05, 0) is 7.05 Å². The van der Waals surface area contributed by atoms with Crippen LogP contribution in [-0.2, 0) is 24.0 Å². The molecule has 0 bridgehead atoms. The molecule has 0 fully saturated rings. The topological polar surface area (TPSA) is 320 Å². The quantitative estimate of drug-likeness (QED) is 0.108. The molecule has 4 atom stereocenters. The number of aliphatic carboxylic acids is 5. The van der Waals surface area contributed by atoms with E-state index in [9.17, 15) is 19.5 Å². The number of likely N-dealkylation sites (N-methyl/N-ethyl adjacent to an activating group) is 1. The fraction of sp³-hybridized carbons (Fsp3) is 0.667. The van der Waals surface area contributed by atoms with Crippen LogP contribution < -0.4 is 5.32 Å². The summed E-state index contributed by atoms with van der Waals surface area (Å²) < 4.78 is 0. The van der Waals surface area contributed by atoms with Gasteiger partial charge < -0.3 is 61.5 Å². The van der Waals surface area contributed by atoms with E-state index in [0.717, 1.165) is 0 Å². The third-order valence-corrected chi connectivity index (χ3v) is 3.21. The predicted octanol–water partition coefficient (Wildman–Crippen LogP) is -4.61. The minimum atomic E-state index is -2.74. The van der Waals surface area contributed by atoms with Gasteiger partial charge in [0.15, 0.2) is 5.60 Å². The van der Waals surface area contributed by atoms with E-state index in [4.69, 9.17) is 60.7 Å². The van der Waals surface area contributed by atoms with Gasteiger partial charge in [-0.15, -0.1) is 24.8 Å². The molecule has 34 heavy (non-hydrogen) atoms. The van der Waals surface area contributed by atoms with Crippen LogP contribution in [0.4, 0.5) is 0 Å². The fourth-order valence-electron chi connectivity index (χ4n) is 1.61. The van der Waals surface area contributed by atoms with E-state index in [2.05, 4.69) is 5.32 Å². The molecule has 19 heteroatoms. The van der Waals surface area contributed by atoms with Crippen molar-refractivity contribution in [1.82, 2.24) is 5.32 Å². The van der Waals surface area contributed by atoms with Gasteiger partial charge in [0.05, 0.1) is 25.6 Å². The Hall–Kier alpha value is -2.35. The van der Waals surface area contributed by atoms with Crippen LogP contribution in [0.25, 0.3) is 0 Å². The molecule has 0 heterocycles. The molecule has 0 rings (SSSR count). The van der Waals surface area contributed by atoms with Crippen LogP contribution in [0.1, 0.15) is 12.8 Å². The van der Waals surface area contributed by atoms with Gasteiger partial charge in [-0.2, -0.15) is 0 Å². The number of carboxylic acid groups (broad SMARTS) is 5. The summed E-state index contributed by atoms with van der Waals surface area (Å²) in [6, 6.07) is 0. The van der Waals surface area contributed by atoms with Gasteiger partial charge in [0, 0.05) is 6.54 Å². The van der Waals surface area contributed by atoms with Crippen LogP contribution in [0, 0.1) is 0 Å². The maximum absolute atomic E-state index is 10.3. The fourth-order valence-corrected chi connectivity index (χ4v) is 1.61. The Morgan fingerprint density at radius 2 is 1.06 bits per heavy atom. The van der Waals surface area contributed by atoms with Gasteiger partial charge >= 0.3 is 29.8 Å². The van der Waals surface area contributed by atoms with E-state index >= 15 is 0 Å². The molecule has 0 aromatic rings. The number of nitrogens with one attached hydrogen (secondary N) is 1. The van der Waals surface area contributed by atoms with Crippen LogP contribution in [0.5, 0.6) is 0 Å². The van der Waals surface area contributed by atoms with Gasteiger partial charge in [-0.25, -0.2) is 14.4 Å². The zero-order valence-corrected chi connectivity index (χ0v) is 19.0. The molecule has 0 saturated carbocycles. The standard InChI is InChI=1S/C7H17NO5.C6H8O7.C2H2O4.2ClH/c1-8-2-4(10)6(12)7(13)5(11)3-9;7-3(8)1-6(13,5(11)12)2-4(9)10;3-1(4)2(5)6;;/h4-13H,2-3H2,1H3;13H,1-2H2,(H,7,8)(H,9,10)(H,11,12);(H,3,4)(H,5,6);2*1H/t4-,5+,6+,7+;;;;/m0..../s1. The van der Waals surface area contributed by atoms with Gasteiger partial charge in [-0.3, -0.25) is 9.59 Å². The lowest BCUT2D eigenvalue weighted by molar-refractivity contribution is -0.170. The van der Waals surface area contributed by atoms with Crippen molar-refractivity contribution < 1.29 is 80.1 Å². The first-order chi connectivity index (χ1) is 14.5. The van der Waals surface area contributed by atoms with Crippen molar-refractivity contribution in [2.24, 2.45) is 0 Å². The Morgan fingerprint density at radius 1 is 0.735 bits per heavy atom. The number of rotatable bonds is 11. The summed E-state index contributed by atoms with van der Waals surface area (Å²) in [6.07, 6.45) is -7.94. The van der Waals surface area contributed by atoms with Crippen LogP contribution in [0.15, 0.2) is 0 Å². The number of carbonyl (C=O) groups is 5. The summed E-state index contributed by atoms with van der Waals surface area (Å²) in [5, 5.41) is 96.1. The molecular weight excluding hydrogens is 521 g/mol. The second-order valence-electron chi connectivity index (χ2n) is 5.94. The largest absolute Gasteiger partial charge is 0.481 e. The van der Waals surface area contributed by atoms with E-state index < -0.39 is 79.3 Å². The first-order valence-corrected chi connectivity index (χ1v) is 8.30. The van der Waals surface area contributed by atoms with Crippen molar-refractivity contribution in [2.75, 3.05) is 20.2 Å². The Labute approximate surface area is 203 Å². The molecular formula is C15H29Cl2NO16. The molecule has 0 saturated heterocycles. The Kier molecular flexibility index (Phi) is 26.1. The molecule has 0 aromatic carbocycles. The lowest BCUT2D eigenvalue weighted by Gasteiger charge is -2.25. The third-order valence-electron chi connectivity index (χ3n) is 3.21. The summed E-state index contributed by atoms with van der Waals surface area (Å²) in [4.78, 5) is 48.7. The molecule has 0 unspecified atom stereocenters. The molecule has 0 aliphatic rings. The number of hydrogen-bond acceptors (Lipinski definition) is 12. The smallest absolute Gasteiger partial charge is 0.414 e. The first kappa shape index (κ1) is 41.9. The number of hydrogen-bond donors (Lipinski definition) is 12. The zero-order chi connectivity index (χ0) is 26.2. The predicted molar refractivity (Wildman–Crippen MR) is 112 cm³/mol. The second kappa shape index (κ2) is 21.2. The highest BCUT2D eigenvalue weighted by molar-refractivity contribution is 6.27. The van der Waals surface area contributed by atoms with E-state index in [1.165, 1.54) is 0 Å². The van der Waals surface area contributed by atoms with Crippen LogP contribution >= 0.6 is 24.8 Å². The van der Waals surface area contributed by atoms with Crippen LogP contribution in [-0.4, -0.2) is 136 Å². The summed E-state index contributed by atoms with van der Waals surface area (Å²) in [6.45, 7) is -0.569. The Balaban J connectivity index is -0.000000128. The Morgan fingerprint density at radius 3 is 1.26 bits per heavy atom. The molecule has 0 spiro atoms. The van der Waals surface area contributed by atoms with E-state index in [1.807, 2.05) is 0 Å². The van der Waals surface area contributed by atoms with Crippen LogP contribution in [0.2, 0.25) is 0 Å². The molecule has 0 radical (unpaired) electrons. The third kappa shape index (κ3) is 20.3. The molecule has 0 aromatic heterocycles. The van der Waals surface area contributed by atoms with Gasteiger partial charge in [0.2, 0.25) is 0 Å². The normalized spacial score (nSPS) is 13.4. The summed E-state index contributed by atoms with van der Waals surface area (Å²) in [7, 11) is 1.57. The second-order valence-corrected chi connectivity index (χ2v) is 5.94. The van der Waals surface area contributed by atoms with Crippen molar-refractivity contribution in [2.45, 2.75) is 42.9 Å². The summed E-state index contributed by atoms with van der Waals surface area (Å²) >= 11 is 0. The average Bonchev–Trinajstić information content (AvgIpc) is 2.65. The molecule has 204 valence electrons. The highest BCUT2D eigenvalue weighted by atomic mass is 35.5. The minimum absolute atomic E-state index is 0. The van der Waals surface area contributed by atoms with E-state index in [0.29, 0.717) is 0 Å². The molecule has 12 N–H and O–H groups in total. The highest BCUT2D eigenvalue weighted by Crippen LogP contribution is 2.15. The van der Waals surface area contributed by atoms with Crippen molar-refractivity contribution >= 4 is 54.7 Å². The first-order valence-electron chi connectivity index (χ1n) is 8.30. The number of aliphatic hydroxyl groups is 6. The molecule has 0 aliphatic carbocycles. The number of aliphatic hydroxyl groups excluding tert-OH is 5. The van der Waals surface area contributed by atoms with Gasteiger partial charge in [0.1, 0.15) is 18.3 Å². The lowest BCUT2D eigenvalue weighted by Crippen LogP contribution is -2.48. The van der Waals surface area contributed by atoms with E-state index in [1.54, 1.807) is 7.05 Å². The average molecular weight is 550 g/mol. The van der Waals surface area contributed by atoms with Crippen molar-refractivity contribution in [1.29, 1.82) is 0 Å². The molecule has 17 nitrogen and oxygen atoms in total. The van der Waals surface area contributed by atoms with E-state index in [-0.39, 0.29) is 31.4 Å². The SMILES string of the molecule is CNC[C@H](O)[C@@H](O)[C@H](O)[C@H](O)CO.Cl.Cl.O=C(O)C(=O)O.O=C(O)CC(O)(CC(=O)O)C(=O)O. The van der Waals surface area contributed by atoms with Crippen molar-refractivity contribution in [3.8, 4) is 0 Å². The summed E-state index contributed by atoms with van der Waals surface area (Å²) in [5.41, 5.74) is -2.74. The van der Waals surface area contributed by atoms with Crippen molar-refractivity contribution in [3.05, 3.63) is 0 Å². The van der Waals surface area contributed by atoms with Crippen LogP contribution in [0.3, 0.4) is 0 Å².